The third-order valence-electron chi connectivity index (χ3n) is 7.01. The van der Waals surface area contributed by atoms with Crippen molar-refractivity contribution < 1.29 is 22.7 Å². The Morgan fingerprint density at radius 3 is 2.52 bits per heavy atom. The number of alkyl halides is 3. The molecule has 166 valence electrons. The summed E-state index contributed by atoms with van der Waals surface area (Å²) in [6.45, 7) is 4.82. The molecule has 0 aliphatic carbocycles. The van der Waals surface area contributed by atoms with Crippen LogP contribution in [0.4, 0.5) is 13.2 Å². The van der Waals surface area contributed by atoms with E-state index in [1.165, 1.54) is 11.6 Å². The van der Waals surface area contributed by atoms with E-state index < -0.39 is 11.7 Å². The van der Waals surface area contributed by atoms with Gasteiger partial charge in [0, 0.05) is 26.2 Å². The zero-order chi connectivity index (χ0) is 21.6. The van der Waals surface area contributed by atoms with Crippen LogP contribution < -0.4 is 0 Å². The minimum Gasteiger partial charge on any atom is -0.378 e. The molecular weight excluding hydrogens is 407 g/mol. The zero-order valence-corrected chi connectivity index (χ0v) is 17.3. The van der Waals surface area contributed by atoms with Gasteiger partial charge in [0.25, 0.3) is 5.91 Å². The highest BCUT2D eigenvalue weighted by Gasteiger charge is 2.38. The number of nitrogens with zero attached hydrogens (tertiary/aromatic N) is 3. The number of hydrogen-bond acceptors (Lipinski definition) is 4. The molecule has 0 radical (unpaired) electrons. The standard InChI is InChI=1S/C23H26F3N3O2/c24-23(25,26)20-4-2-1-3-18(20)15-5-8-28(9-6-15)22(30)21-19-7-10-29(17-13-31-14-17)12-16(19)11-27-21/h1-4,15,17H,5-14H2. The van der Waals surface area contributed by atoms with Crippen LogP contribution in [-0.4, -0.2) is 73.4 Å². The van der Waals surface area contributed by atoms with Crippen LogP contribution in [-0.2, 0) is 15.7 Å². The van der Waals surface area contributed by atoms with E-state index in [4.69, 9.17) is 4.74 Å². The van der Waals surface area contributed by atoms with E-state index in [9.17, 15) is 18.0 Å². The maximum Gasteiger partial charge on any atom is 0.416 e. The lowest BCUT2D eigenvalue weighted by Gasteiger charge is -2.40. The molecule has 0 spiro atoms. The van der Waals surface area contributed by atoms with Crippen molar-refractivity contribution in [2.45, 2.75) is 37.4 Å². The van der Waals surface area contributed by atoms with Crippen LogP contribution in [0.1, 0.15) is 36.3 Å². The first-order valence-electron chi connectivity index (χ1n) is 10.9. The lowest BCUT2D eigenvalue weighted by molar-refractivity contribution is -0.138. The van der Waals surface area contributed by atoms with E-state index in [1.807, 2.05) is 0 Å². The van der Waals surface area contributed by atoms with Crippen molar-refractivity contribution in [3.63, 3.8) is 0 Å². The first-order valence-corrected chi connectivity index (χ1v) is 10.9. The van der Waals surface area contributed by atoms with Crippen LogP contribution in [0.25, 0.3) is 0 Å². The third-order valence-corrected chi connectivity index (χ3v) is 7.01. The van der Waals surface area contributed by atoms with Crippen LogP contribution in [0.15, 0.2) is 40.4 Å². The van der Waals surface area contributed by atoms with Gasteiger partial charge < -0.3 is 9.64 Å². The summed E-state index contributed by atoms with van der Waals surface area (Å²) in [5.74, 6) is -0.247. The molecule has 0 unspecified atom stereocenters. The van der Waals surface area contributed by atoms with Crippen molar-refractivity contribution in [2.24, 2.45) is 4.99 Å². The average molecular weight is 433 g/mol. The van der Waals surface area contributed by atoms with Gasteiger partial charge in [0.15, 0.2) is 0 Å². The first kappa shape index (κ1) is 20.7. The van der Waals surface area contributed by atoms with Crippen LogP contribution in [0, 0.1) is 0 Å². The highest BCUT2D eigenvalue weighted by Crippen LogP contribution is 2.39. The second kappa shape index (κ2) is 8.06. The van der Waals surface area contributed by atoms with E-state index in [1.54, 1.807) is 17.0 Å². The SMILES string of the molecule is O=C(C1=NCC2=C1CCN(C1COC1)C2)N1CCC(c2ccccc2C(F)(F)F)CC1. The summed E-state index contributed by atoms with van der Waals surface area (Å²) < 4.78 is 45.4. The molecule has 1 amide bonds. The number of halogens is 3. The van der Waals surface area contributed by atoms with Gasteiger partial charge in [-0.1, -0.05) is 18.2 Å². The minimum atomic E-state index is -4.36. The van der Waals surface area contributed by atoms with Crippen LogP contribution in [0.5, 0.6) is 0 Å². The zero-order valence-electron chi connectivity index (χ0n) is 17.3. The summed E-state index contributed by atoms with van der Waals surface area (Å²) in [4.78, 5) is 21.9. The number of carbonyl (C=O) groups is 1. The molecule has 4 aliphatic heterocycles. The van der Waals surface area contributed by atoms with E-state index in [0.717, 1.165) is 44.4 Å². The highest BCUT2D eigenvalue weighted by molar-refractivity contribution is 6.46. The molecule has 1 aromatic rings. The summed E-state index contributed by atoms with van der Waals surface area (Å²) >= 11 is 0. The highest BCUT2D eigenvalue weighted by atomic mass is 19.4. The number of ether oxygens (including phenoxy) is 1. The Bertz CT molecular complexity index is 928. The molecule has 0 saturated carbocycles. The first-order chi connectivity index (χ1) is 14.9. The van der Waals surface area contributed by atoms with Gasteiger partial charge in [-0.2, -0.15) is 13.2 Å². The normalized spacial score (nSPS) is 23.6. The molecule has 5 nitrogen and oxygen atoms in total. The molecule has 2 saturated heterocycles. The van der Waals surface area contributed by atoms with Crippen molar-refractivity contribution in [3.05, 3.63) is 46.5 Å². The molecule has 5 rings (SSSR count). The fourth-order valence-electron chi connectivity index (χ4n) is 5.15. The molecule has 0 N–H and O–H groups in total. The number of carbonyl (C=O) groups excluding carboxylic acids is 1. The second-order valence-corrected chi connectivity index (χ2v) is 8.81. The van der Waals surface area contributed by atoms with Gasteiger partial charge in [0.2, 0.25) is 0 Å². The Labute approximate surface area is 179 Å². The molecule has 4 heterocycles. The summed E-state index contributed by atoms with van der Waals surface area (Å²) in [7, 11) is 0. The number of likely N-dealkylation sites (tertiary alicyclic amines) is 1. The van der Waals surface area contributed by atoms with Gasteiger partial charge in [0.1, 0.15) is 5.71 Å². The van der Waals surface area contributed by atoms with Gasteiger partial charge in [-0.05, 0) is 48.0 Å². The summed E-state index contributed by atoms with van der Waals surface area (Å²) in [6, 6.07) is 6.29. The maximum absolute atomic E-state index is 13.4. The number of amides is 1. The molecule has 1 aromatic carbocycles. The average Bonchev–Trinajstić information content (AvgIpc) is 3.15. The second-order valence-electron chi connectivity index (χ2n) is 8.81. The molecule has 0 aromatic heterocycles. The van der Waals surface area contributed by atoms with Crippen molar-refractivity contribution >= 4 is 11.6 Å². The fourth-order valence-corrected chi connectivity index (χ4v) is 5.15. The molecule has 31 heavy (non-hydrogen) atoms. The number of hydrogen-bond donors (Lipinski definition) is 0. The number of benzene rings is 1. The monoisotopic (exact) mass is 433 g/mol. The minimum absolute atomic E-state index is 0.0621. The maximum atomic E-state index is 13.4. The summed E-state index contributed by atoms with van der Waals surface area (Å²) in [5, 5.41) is 0. The van der Waals surface area contributed by atoms with E-state index in [2.05, 4.69) is 9.89 Å². The molecule has 0 atom stereocenters. The van der Waals surface area contributed by atoms with Crippen LogP contribution in [0.2, 0.25) is 0 Å². The number of rotatable bonds is 3. The van der Waals surface area contributed by atoms with Gasteiger partial charge in [-0.25, -0.2) is 0 Å². The molecule has 0 bridgehead atoms. The Kier molecular flexibility index (Phi) is 5.38. The van der Waals surface area contributed by atoms with E-state index in [0.29, 0.717) is 49.8 Å². The molecular formula is C23H26F3N3O2. The predicted molar refractivity (Wildman–Crippen MR) is 110 cm³/mol. The Morgan fingerprint density at radius 2 is 1.84 bits per heavy atom. The summed E-state index contributed by atoms with van der Waals surface area (Å²) in [5.41, 5.74) is 2.69. The third kappa shape index (κ3) is 3.91. The van der Waals surface area contributed by atoms with Gasteiger partial charge in [0.05, 0.1) is 31.4 Å². The lowest BCUT2D eigenvalue weighted by atomic mass is 9.86. The lowest BCUT2D eigenvalue weighted by Crippen LogP contribution is -2.51. The quantitative estimate of drug-likeness (QED) is 0.735. The van der Waals surface area contributed by atoms with Crippen molar-refractivity contribution in [2.75, 3.05) is 45.9 Å². The Morgan fingerprint density at radius 1 is 1.10 bits per heavy atom. The van der Waals surface area contributed by atoms with E-state index in [-0.39, 0.29) is 11.8 Å². The van der Waals surface area contributed by atoms with Crippen molar-refractivity contribution in [1.29, 1.82) is 0 Å². The largest absolute Gasteiger partial charge is 0.416 e. The van der Waals surface area contributed by atoms with Crippen molar-refractivity contribution in [1.82, 2.24) is 9.80 Å². The number of piperidine rings is 1. The van der Waals surface area contributed by atoms with Gasteiger partial charge in [-0.15, -0.1) is 0 Å². The Hall–Kier alpha value is -2.19. The van der Waals surface area contributed by atoms with Crippen molar-refractivity contribution in [3.8, 4) is 0 Å². The summed E-state index contributed by atoms with van der Waals surface area (Å²) in [6.07, 6.45) is -2.46. The fraction of sp³-hybridized carbons (Fsp3) is 0.565. The van der Waals surface area contributed by atoms with Gasteiger partial charge >= 0.3 is 6.18 Å². The topological polar surface area (TPSA) is 45.1 Å². The van der Waals surface area contributed by atoms with Gasteiger partial charge in [-0.3, -0.25) is 14.7 Å². The van der Waals surface area contributed by atoms with Crippen LogP contribution in [0.3, 0.4) is 0 Å². The number of aliphatic imine (C=N–C) groups is 1. The molecule has 2 fully saturated rings. The van der Waals surface area contributed by atoms with E-state index >= 15 is 0 Å². The van der Waals surface area contributed by atoms with Crippen LogP contribution >= 0.6 is 0 Å². The Balaban J connectivity index is 1.23. The molecule has 4 aliphatic rings. The predicted octanol–water partition coefficient (Wildman–Crippen LogP) is 3.27. The molecule has 8 heteroatoms. The smallest absolute Gasteiger partial charge is 0.378 e.